The fraction of sp³-hybridized carbons (Fsp3) is 0.250. The Balaban J connectivity index is 1.40. The summed E-state index contributed by atoms with van der Waals surface area (Å²) in [6.07, 6.45) is 1.48. The van der Waals surface area contributed by atoms with Crippen LogP contribution in [0.25, 0.3) is 21.7 Å². The highest BCUT2D eigenvalue weighted by atomic mass is 35.5. The maximum Gasteiger partial charge on any atom is 0.332 e. The van der Waals surface area contributed by atoms with Crippen LogP contribution in [-0.4, -0.2) is 36.2 Å². The van der Waals surface area contributed by atoms with Gasteiger partial charge in [-0.3, -0.25) is 18.7 Å². The third kappa shape index (κ3) is 4.04. The number of hydrogen-bond acceptors (Lipinski definition) is 7. The first-order valence-corrected chi connectivity index (χ1v) is 10.6. The molecule has 0 atom stereocenters. The quantitative estimate of drug-likeness (QED) is 0.409. The van der Waals surface area contributed by atoms with Gasteiger partial charge in [0.2, 0.25) is 0 Å². The van der Waals surface area contributed by atoms with Crippen LogP contribution in [0.1, 0.15) is 5.69 Å². The van der Waals surface area contributed by atoms with E-state index in [-0.39, 0.29) is 30.7 Å². The molecule has 9 nitrogen and oxygen atoms in total. The standard InChI is InChI=1S/C20H18ClN5O4S/c1-24-17-16(19(28)25(2)20(24)29)26(11-22-17)7-8-30-15(27)9-12-10-31-18(23-12)13-5-3-4-6-14(13)21/h3-6,10-11H,7-9H2,1-2H3. The van der Waals surface area contributed by atoms with Crippen LogP contribution in [0.2, 0.25) is 5.02 Å². The van der Waals surface area contributed by atoms with Gasteiger partial charge in [0.15, 0.2) is 11.2 Å². The van der Waals surface area contributed by atoms with Gasteiger partial charge in [0.25, 0.3) is 5.56 Å². The summed E-state index contributed by atoms with van der Waals surface area (Å²) in [6.45, 7) is 0.287. The van der Waals surface area contributed by atoms with E-state index >= 15 is 0 Å². The summed E-state index contributed by atoms with van der Waals surface area (Å²) in [6, 6.07) is 7.38. The molecule has 0 fully saturated rings. The maximum absolute atomic E-state index is 12.4. The van der Waals surface area contributed by atoms with Gasteiger partial charge >= 0.3 is 11.7 Å². The van der Waals surface area contributed by atoms with Gasteiger partial charge in [0.05, 0.1) is 30.0 Å². The van der Waals surface area contributed by atoms with Crippen LogP contribution in [0.5, 0.6) is 0 Å². The van der Waals surface area contributed by atoms with Crippen molar-refractivity contribution in [3.63, 3.8) is 0 Å². The van der Waals surface area contributed by atoms with Crippen molar-refractivity contribution in [2.24, 2.45) is 14.1 Å². The number of ether oxygens (including phenoxy) is 1. The predicted octanol–water partition coefficient (Wildman–Crippen LogP) is 2.00. The maximum atomic E-state index is 12.4. The van der Waals surface area contributed by atoms with Crippen molar-refractivity contribution in [3.8, 4) is 10.6 Å². The van der Waals surface area contributed by atoms with E-state index in [1.54, 1.807) is 23.1 Å². The number of aromatic nitrogens is 5. The van der Waals surface area contributed by atoms with Gasteiger partial charge in [-0.15, -0.1) is 11.3 Å². The van der Waals surface area contributed by atoms with E-state index in [4.69, 9.17) is 16.3 Å². The molecule has 0 saturated carbocycles. The molecular formula is C20H18ClN5O4S. The molecule has 0 aliphatic rings. The predicted molar refractivity (Wildman–Crippen MR) is 117 cm³/mol. The Morgan fingerprint density at radius 2 is 1.97 bits per heavy atom. The highest BCUT2D eigenvalue weighted by Gasteiger charge is 2.15. The van der Waals surface area contributed by atoms with Gasteiger partial charge in [0.1, 0.15) is 11.6 Å². The van der Waals surface area contributed by atoms with Crippen molar-refractivity contribution in [3.05, 3.63) is 67.5 Å². The fourth-order valence-corrected chi connectivity index (χ4v) is 4.31. The molecule has 0 aliphatic carbocycles. The van der Waals surface area contributed by atoms with Gasteiger partial charge in [-0.1, -0.05) is 29.8 Å². The average molecular weight is 460 g/mol. The Labute approximate surface area is 185 Å². The summed E-state index contributed by atoms with van der Waals surface area (Å²) in [7, 11) is 2.96. The smallest absolute Gasteiger partial charge is 0.332 e. The molecule has 31 heavy (non-hydrogen) atoms. The normalized spacial score (nSPS) is 11.2. The van der Waals surface area contributed by atoms with Crippen LogP contribution >= 0.6 is 22.9 Å². The minimum absolute atomic E-state index is 0.0297. The number of halogens is 1. The van der Waals surface area contributed by atoms with E-state index in [1.165, 1.54) is 29.3 Å². The Morgan fingerprint density at radius 3 is 2.74 bits per heavy atom. The second-order valence-corrected chi connectivity index (χ2v) is 8.10. The Morgan fingerprint density at radius 1 is 1.19 bits per heavy atom. The average Bonchev–Trinajstić information content (AvgIpc) is 3.38. The van der Waals surface area contributed by atoms with Gasteiger partial charge in [0, 0.05) is 25.0 Å². The molecule has 11 heteroatoms. The summed E-state index contributed by atoms with van der Waals surface area (Å²) in [4.78, 5) is 45.2. The summed E-state index contributed by atoms with van der Waals surface area (Å²) in [5, 5.41) is 3.13. The van der Waals surface area contributed by atoms with E-state index in [0.29, 0.717) is 10.7 Å². The van der Waals surface area contributed by atoms with Crippen molar-refractivity contribution >= 4 is 40.1 Å². The second kappa shape index (κ2) is 8.48. The first-order chi connectivity index (χ1) is 14.9. The zero-order valence-electron chi connectivity index (χ0n) is 16.7. The number of thiazole rings is 1. The molecule has 0 unspecified atom stereocenters. The number of rotatable bonds is 6. The molecule has 3 heterocycles. The number of carbonyl (C=O) groups excluding carboxylic acids is 1. The Kier molecular flexibility index (Phi) is 5.75. The molecular weight excluding hydrogens is 442 g/mol. The highest BCUT2D eigenvalue weighted by Crippen LogP contribution is 2.30. The second-order valence-electron chi connectivity index (χ2n) is 6.84. The molecule has 1 aromatic carbocycles. The number of benzene rings is 1. The monoisotopic (exact) mass is 459 g/mol. The minimum Gasteiger partial charge on any atom is -0.463 e. The molecule has 0 spiro atoms. The van der Waals surface area contributed by atoms with Crippen molar-refractivity contribution < 1.29 is 9.53 Å². The number of fused-ring (bicyclic) bond motifs is 1. The third-order valence-electron chi connectivity index (χ3n) is 4.79. The summed E-state index contributed by atoms with van der Waals surface area (Å²) in [5.41, 5.74) is 1.09. The zero-order chi connectivity index (χ0) is 22.1. The van der Waals surface area contributed by atoms with Crippen LogP contribution in [0, 0.1) is 0 Å². The molecule has 0 radical (unpaired) electrons. The molecule has 4 rings (SSSR count). The van der Waals surface area contributed by atoms with E-state index in [0.717, 1.165) is 15.1 Å². The lowest BCUT2D eigenvalue weighted by molar-refractivity contribution is -0.143. The van der Waals surface area contributed by atoms with Crippen LogP contribution in [0.4, 0.5) is 0 Å². The van der Waals surface area contributed by atoms with Gasteiger partial charge in [-0.2, -0.15) is 0 Å². The van der Waals surface area contributed by atoms with Gasteiger partial charge < -0.3 is 9.30 Å². The number of nitrogens with zero attached hydrogens (tertiary/aromatic N) is 5. The van der Waals surface area contributed by atoms with Crippen LogP contribution in [0.3, 0.4) is 0 Å². The number of carbonyl (C=O) groups is 1. The van der Waals surface area contributed by atoms with E-state index in [9.17, 15) is 14.4 Å². The first-order valence-electron chi connectivity index (χ1n) is 9.32. The molecule has 4 aromatic rings. The van der Waals surface area contributed by atoms with Gasteiger partial charge in [-0.05, 0) is 6.07 Å². The molecule has 0 N–H and O–H groups in total. The summed E-state index contributed by atoms with van der Waals surface area (Å²) in [5.74, 6) is -0.430. The summed E-state index contributed by atoms with van der Waals surface area (Å²) < 4.78 is 9.20. The van der Waals surface area contributed by atoms with E-state index in [2.05, 4.69) is 9.97 Å². The number of esters is 1. The van der Waals surface area contributed by atoms with Crippen LogP contribution in [-0.2, 0) is 36.6 Å². The summed E-state index contributed by atoms with van der Waals surface area (Å²) >= 11 is 7.60. The number of aryl methyl sites for hydroxylation is 1. The van der Waals surface area contributed by atoms with Crippen LogP contribution in [0.15, 0.2) is 45.6 Å². The topological polar surface area (TPSA) is 101 Å². The molecule has 0 amide bonds. The van der Waals surface area contributed by atoms with Crippen molar-refractivity contribution in [2.75, 3.05) is 6.61 Å². The van der Waals surface area contributed by atoms with E-state index in [1.807, 2.05) is 18.2 Å². The lowest BCUT2D eigenvalue weighted by atomic mass is 10.2. The lowest BCUT2D eigenvalue weighted by Gasteiger charge is -2.07. The van der Waals surface area contributed by atoms with Crippen molar-refractivity contribution in [1.29, 1.82) is 0 Å². The van der Waals surface area contributed by atoms with Crippen LogP contribution < -0.4 is 11.2 Å². The fourth-order valence-electron chi connectivity index (χ4n) is 3.17. The third-order valence-corrected chi connectivity index (χ3v) is 6.05. The Bertz CT molecular complexity index is 1400. The molecule has 3 aromatic heterocycles. The molecule has 0 saturated heterocycles. The van der Waals surface area contributed by atoms with E-state index < -0.39 is 17.2 Å². The molecule has 0 aliphatic heterocycles. The largest absolute Gasteiger partial charge is 0.463 e. The first kappa shape index (κ1) is 21.0. The van der Waals surface area contributed by atoms with Crippen molar-refractivity contribution in [2.45, 2.75) is 13.0 Å². The van der Waals surface area contributed by atoms with Gasteiger partial charge in [-0.25, -0.2) is 14.8 Å². The number of imidazole rings is 1. The molecule has 160 valence electrons. The minimum atomic E-state index is -0.450. The van der Waals surface area contributed by atoms with Crippen molar-refractivity contribution in [1.82, 2.24) is 23.7 Å². The molecule has 0 bridgehead atoms. The number of hydrogen-bond donors (Lipinski definition) is 0. The zero-order valence-corrected chi connectivity index (χ0v) is 18.3. The SMILES string of the molecule is Cn1c(=O)c2c(ncn2CCOC(=O)Cc2csc(-c3ccccc3Cl)n2)n(C)c1=O. The lowest BCUT2D eigenvalue weighted by Crippen LogP contribution is -2.37. The Hall–Kier alpha value is -3.24. The highest BCUT2D eigenvalue weighted by molar-refractivity contribution is 7.13.